The van der Waals surface area contributed by atoms with Gasteiger partial charge in [-0.2, -0.15) is 0 Å². The van der Waals surface area contributed by atoms with Gasteiger partial charge in [0, 0.05) is 23.1 Å². The van der Waals surface area contributed by atoms with Crippen molar-refractivity contribution in [2.24, 2.45) is 11.8 Å². The first-order valence-electron chi connectivity index (χ1n) is 19.5. The van der Waals surface area contributed by atoms with Gasteiger partial charge in [0.2, 0.25) is 0 Å². The Morgan fingerprint density at radius 1 is 0.527 bits per heavy atom. The van der Waals surface area contributed by atoms with Crippen molar-refractivity contribution in [3.63, 3.8) is 0 Å². The molecule has 2 nitrogen and oxygen atoms in total. The Morgan fingerprint density at radius 3 is 2.13 bits per heavy atom. The van der Waals surface area contributed by atoms with Gasteiger partial charge in [0.05, 0.1) is 11.0 Å². The maximum Gasteiger partial charge on any atom is 0.145 e. The van der Waals surface area contributed by atoms with E-state index in [1.165, 1.54) is 65.4 Å². The SMILES string of the molecule is C1=CC2C=CC=C(c3c4c(c(-c5cccc6ccccc56)c5cc(-c6ccc(-c7nc8ccccc8n7-c7ccccc7)cc6)ccc35)=CCCC=4)C2C=C1. The topological polar surface area (TPSA) is 17.8 Å². The molecule has 0 N–H and O–H groups in total. The molecule has 8 aromatic rings. The fraction of sp³-hybridized carbons (Fsp3) is 0.0755. The number of nitrogens with zero attached hydrogens (tertiary/aromatic N) is 2. The molecule has 55 heavy (non-hydrogen) atoms. The van der Waals surface area contributed by atoms with Gasteiger partial charge in [0.15, 0.2) is 0 Å². The number of aromatic nitrogens is 2. The van der Waals surface area contributed by atoms with Crippen LogP contribution in [0.4, 0.5) is 0 Å². The van der Waals surface area contributed by atoms with E-state index in [1.54, 1.807) is 0 Å². The summed E-state index contributed by atoms with van der Waals surface area (Å²) >= 11 is 0. The smallest absolute Gasteiger partial charge is 0.145 e. The highest BCUT2D eigenvalue weighted by atomic mass is 15.1. The van der Waals surface area contributed by atoms with E-state index < -0.39 is 0 Å². The summed E-state index contributed by atoms with van der Waals surface area (Å²) in [5, 5.41) is 7.90. The molecule has 2 atom stereocenters. The summed E-state index contributed by atoms with van der Waals surface area (Å²) in [6.45, 7) is 0. The molecule has 7 aromatic carbocycles. The maximum absolute atomic E-state index is 5.13. The molecule has 0 bridgehead atoms. The van der Waals surface area contributed by atoms with Crippen molar-refractivity contribution < 1.29 is 0 Å². The lowest BCUT2D eigenvalue weighted by Crippen LogP contribution is -2.34. The number of benzene rings is 7. The number of fused-ring (bicyclic) bond motifs is 5. The third-order valence-electron chi connectivity index (χ3n) is 11.8. The minimum atomic E-state index is 0.313. The molecule has 3 aliphatic rings. The number of imidazole rings is 1. The molecule has 0 saturated heterocycles. The molecule has 0 fully saturated rings. The summed E-state index contributed by atoms with van der Waals surface area (Å²) in [7, 11) is 0. The van der Waals surface area contributed by atoms with Crippen LogP contribution in [0.2, 0.25) is 0 Å². The van der Waals surface area contributed by atoms with Gasteiger partial charge in [-0.15, -0.1) is 0 Å². The Hall–Kier alpha value is -6.77. The van der Waals surface area contributed by atoms with Crippen molar-refractivity contribution in [1.29, 1.82) is 0 Å². The summed E-state index contributed by atoms with van der Waals surface area (Å²) in [5.41, 5.74) is 12.1. The molecule has 0 saturated carbocycles. The summed E-state index contributed by atoms with van der Waals surface area (Å²) in [6, 6.07) is 50.7. The highest BCUT2D eigenvalue weighted by Crippen LogP contribution is 2.42. The van der Waals surface area contributed by atoms with Gasteiger partial charge in [0.1, 0.15) is 5.82 Å². The maximum atomic E-state index is 5.13. The standard InChI is InChI=1S/C53H38N2/c1-2-18-40(19-3-1)55-50-27-11-10-26-49(50)54-53(55)38-30-28-35(29-31-38)39-32-33-47-48(34-39)52(44-25-13-17-37-15-5-7-21-42(37)44)46-23-9-8-22-45(46)51(47)43-24-12-16-36-14-4-6-20-41(36)43/h1-7,10-34,36,41H,8-9H2. The minimum Gasteiger partial charge on any atom is -0.292 e. The van der Waals surface area contributed by atoms with Crippen molar-refractivity contribution in [3.8, 4) is 39.3 Å². The quantitative estimate of drug-likeness (QED) is 0.175. The van der Waals surface area contributed by atoms with Crippen molar-refractivity contribution in [1.82, 2.24) is 9.55 Å². The monoisotopic (exact) mass is 702 g/mol. The fourth-order valence-corrected chi connectivity index (χ4v) is 9.27. The average molecular weight is 703 g/mol. The minimum absolute atomic E-state index is 0.313. The molecule has 260 valence electrons. The van der Waals surface area contributed by atoms with Crippen LogP contribution in [0.15, 0.2) is 182 Å². The van der Waals surface area contributed by atoms with E-state index in [-0.39, 0.29) is 0 Å². The number of hydrogen-bond acceptors (Lipinski definition) is 1. The largest absolute Gasteiger partial charge is 0.292 e. The van der Waals surface area contributed by atoms with E-state index in [0.717, 1.165) is 41.0 Å². The Kier molecular flexibility index (Phi) is 7.48. The van der Waals surface area contributed by atoms with Crippen molar-refractivity contribution in [2.45, 2.75) is 12.8 Å². The van der Waals surface area contributed by atoms with E-state index in [4.69, 9.17) is 4.98 Å². The van der Waals surface area contributed by atoms with E-state index in [0.29, 0.717) is 11.8 Å². The highest BCUT2D eigenvalue weighted by molar-refractivity contribution is 6.10. The second-order valence-corrected chi connectivity index (χ2v) is 14.9. The number of para-hydroxylation sites is 3. The van der Waals surface area contributed by atoms with Gasteiger partial charge in [0.25, 0.3) is 0 Å². The van der Waals surface area contributed by atoms with Crippen LogP contribution in [-0.2, 0) is 0 Å². The zero-order chi connectivity index (χ0) is 36.3. The molecule has 3 aliphatic carbocycles. The van der Waals surface area contributed by atoms with Crippen LogP contribution in [-0.4, -0.2) is 9.55 Å². The normalized spacial score (nSPS) is 17.1. The van der Waals surface area contributed by atoms with E-state index in [1.807, 2.05) is 0 Å². The molecule has 1 heterocycles. The van der Waals surface area contributed by atoms with Crippen molar-refractivity contribution in [3.05, 3.63) is 198 Å². The molecule has 0 aliphatic heterocycles. The summed E-state index contributed by atoms with van der Waals surface area (Å²) in [6.07, 6.45) is 23.2. The molecule has 1 aromatic heterocycles. The predicted molar refractivity (Wildman–Crippen MR) is 232 cm³/mol. The first-order chi connectivity index (χ1) is 27.3. The lowest BCUT2D eigenvalue weighted by atomic mass is 9.74. The van der Waals surface area contributed by atoms with Gasteiger partial charge in [-0.3, -0.25) is 4.57 Å². The number of rotatable bonds is 5. The van der Waals surface area contributed by atoms with Gasteiger partial charge >= 0.3 is 0 Å². The molecule has 0 radical (unpaired) electrons. The first-order valence-corrected chi connectivity index (χ1v) is 19.5. The fourth-order valence-electron chi connectivity index (χ4n) is 9.27. The molecule has 2 heteroatoms. The van der Waals surface area contributed by atoms with Crippen LogP contribution in [0.1, 0.15) is 18.4 Å². The summed E-state index contributed by atoms with van der Waals surface area (Å²) in [5.74, 6) is 1.63. The Labute approximate surface area is 320 Å². The van der Waals surface area contributed by atoms with Crippen molar-refractivity contribution >= 4 is 50.3 Å². The number of allylic oxidation sites excluding steroid dienone is 8. The molecule has 0 spiro atoms. The molecular formula is C53H38N2. The van der Waals surface area contributed by atoms with Crippen LogP contribution in [0, 0.1) is 11.8 Å². The highest BCUT2D eigenvalue weighted by Gasteiger charge is 2.27. The molecule has 11 rings (SSSR count). The second-order valence-electron chi connectivity index (χ2n) is 14.9. The van der Waals surface area contributed by atoms with E-state index in [9.17, 15) is 0 Å². The summed E-state index contributed by atoms with van der Waals surface area (Å²) in [4.78, 5) is 5.13. The average Bonchev–Trinajstić information content (AvgIpc) is 3.65. The Bertz CT molecular complexity index is 3070. The molecular weight excluding hydrogens is 665 g/mol. The van der Waals surface area contributed by atoms with Crippen molar-refractivity contribution in [2.75, 3.05) is 0 Å². The summed E-state index contributed by atoms with van der Waals surface area (Å²) < 4.78 is 2.27. The first kappa shape index (κ1) is 31.7. The van der Waals surface area contributed by atoms with Crippen LogP contribution in [0.5, 0.6) is 0 Å². The number of hydrogen-bond donors (Lipinski definition) is 0. The van der Waals surface area contributed by atoms with E-state index in [2.05, 4.69) is 199 Å². The zero-order valence-corrected chi connectivity index (χ0v) is 30.4. The van der Waals surface area contributed by atoms with Gasteiger partial charge in [-0.05, 0) is 109 Å². The Morgan fingerprint density at radius 2 is 1.24 bits per heavy atom. The zero-order valence-electron chi connectivity index (χ0n) is 30.4. The van der Waals surface area contributed by atoms with Crippen LogP contribution in [0.25, 0.3) is 89.6 Å². The Balaban J connectivity index is 1.13. The van der Waals surface area contributed by atoms with Crippen LogP contribution >= 0.6 is 0 Å². The van der Waals surface area contributed by atoms with Gasteiger partial charge in [-0.25, -0.2) is 4.98 Å². The van der Waals surface area contributed by atoms with Crippen LogP contribution in [0.3, 0.4) is 0 Å². The van der Waals surface area contributed by atoms with Gasteiger partial charge in [-0.1, -0.05) is 164 Å². The van der Waals surface area contributed by atoms with Crippen LogP contribution < -0.4 is 10.4 Å². The lowest BCUT2D eigenvalue weighted by Gasteiger charge is -2.29. The lowest BCUT2D eigenvalue weighted by molar-refractivity contribution is 0.678. The molecule has 0 amide bonds. The third kappa shape index (κ3) is 5.21. The molecule has 2 unspecified atom stereocenters. The van der Waals surface area contributed by atoms with Gasteiger partial charge < -0.3 is 0 Å². The van der Waals surface area contributed by atoms with E-state index >= 15 is 0 Å². The second kappa shape index (κ2) is 13.0. The predicted octanol–water partition coefficient (Wildman–Crippen LogP) is 12.0. The third-order valence-corrected chi connectivity index (χ3v) is 11.8.